The second kappa shape index (κ2) is 8.84. The summed E-state index contributed by atoms with van der Waals surface area (Å²) in [6.07, 6.45) is 4.01. The largest absolute Gasteiger partial charge is 0.315 e. The Bertz CT molecular complexity index is 456. The normalized spacial score (nSPS) is 11.1. The van der Waals surface area contributed by atoms with Gasteiger partial charge in [-0.25, -0.2) is 0 Å². The fourth-order valence-corrected chi connectivity index (χ4v) is 2.73. The molecule has 0 saturated heterocycles. The van der Waals surface area contributed by atoms with Crippen molar-refractivity contribution in [3.05, 3.63) is 52.5 Å². The third kappa shape index (κ3) is 5.82. The smallest absolute Gasteiger partial charge is 0.0416 e. The van der Waals surface area contributed by atoms with Crippen LogP contribution in [0.1, 0.15) is 11.3 Å². The first-order chi connectivity index (χ1) is 9.84. The predicted molar refractivity (Wildman–Crippen MR) is 86.3 cm³/mol. The summed E-state index contributed by atoms with van der Waals surface area (Å²) in [5.41, 5.74) is 2.61. The molecule has 20 heavy (non-hydrogen) atoms. The molecule has 0 aliphatic heterocycles. The van der Waals surface area contributed by atoms with Crippen LogP contribution in [0.2, 0.25) is 0 Å². The zero-order chi connectivity index (χ0) is 14.0. The van der Waals surface area contributed by atoms with E-state index in [9.17, 15) is 0 Å². The molecule has 3 nitrogen and oxygen atoms in total. The van der Waals surface area contributed by atoms with Crippen molar-refractivity contribution in [2.75, 3.05) is 33.2 Å². The number of pyridine rings is 1. The minimum atomic E-state index is 1.02. The van der Waals surface area contributed by atoms with Gasteiger partial charge in [-0.2, -0.15) is 11.3 Å². The highest BCUT2D eigenvalue weighted by atomic mass is 32.1. The molecule has 2 aromatic rings. The number of rotatable bonds is 9. The maximum atomic E-state index is 4.35. The SMILES string of the molecule is CN(CCNCCc1ccsc1)CCc1ccccn1. The number of hydrogen-bond donors (Lipinski definition) is 1. The standard InChI is InChI=1S/C16H23N3S/c1-19(11-6-16-4-2-3-8-18-16)12-10-17-9-5-15-7-13-20-14-15/h2-4,7-8,13-14,17H,5-6,9-12H2,1H3. The van der Waals surface area contributed by atoms with Crippen LogP contribution < -0.4 is 5.32 Å². The van der Waals surface area contributed by atoms with Gasteiger partial charge in [-0.3, -0.25) is 4.98 Å². The summed E-state index contributed by atoms with van der Waals surface area (Å²) in [6.45, 7) is 4.24. The van der Waals surface area contributed by atoms with Gasteiger partial charge in [0.25, 0.3) is 0 Å². The van der Waals surface area contributed by atoms with Crippen LogP contribution >= 0.6 is 11.3 Å². The molecule has 0 aromatic carbocycles. The molecule has 2 heterocycles. The van der Waals surface area contributed by atoms with Crippen molar-refractivity contribution in [1.29, 1.82) is 0 Å². The molecule has 0 unspecified atom stereocenters. The molecule has 0 atom stereocenters. The molecule has 0 aliphatic rings. The van der Waals surface area contributed by atoms with E-state index in [-0.39, 0.29) is 0 Å². The Balaban J connectivity index is 1.51. The quantitative estimate of drug-likeness (QED) is 0.719. The van der Waals surface area contributed by atoms with Gasteiger partial charge in [-0.15, -0.1) is 0 Å². The third-order valence-corrected chi connectivity index (χ3v) is 4.05. The van der Waals surface area contributed by atoms with E-state index in [1.165, 1.54) is 11.3 Å². The molecule has 4 heteroatoms. The molecule has 0 radical (unpaired) electrons. The van der Waals surface area contributed by atoms with Gasteiger partial charge in [-0.1, -0.05) is 6.07 Å². The Labute approximate surface area is 125 Å². The highest BCUT2D eigenvalue weighted by Gasteiger charge is 2.00. The summed E-state index contributed by atoms with van der Waals surface area (Å²) in [6, 6.07) is 8.30. The second-order valence-electron chi connectivity index (χ2n) is 5.01. The van der Waals surface area contributed by atoms with Crippen molar-refractivity contribution in [3.8, 4) is 0 Å². The van der Waals surface area contributed by atoms with Crippen molar-refractivity contribution in [1.82, 2.24) is 15.2 Å². The van der Waals surface area contributed by atoms with E-state index in [0.29, 0.717) is 0 Å². The average Bonchev–Trinajstić information content (AvgIpc) is 2.99. The van der Waals surface area contributed by atoms with Crippen LogP contribution in [-0.4, -0.2) is 43.1 Å². The Morgan fingerprint density at radius 3 is 2.85 bits per heavy atom. The van der Waals surface area contributed by atoms with Crippen molar-refractivity contribution in [3.63, 3.8) is 0 Å². The van der Waals surface area contributed by atoms with Crippen LogP contribution in [-0.2, 0) is 12.8 Å². The third-order valence-electron chi connectivity index (χ3n) is 3.32. The van der Waals surface area contributed by atoms with Gasteiger partial charge in [0.15, 0.2) is 0 Å². The molecule has 0 saturated carbocycles. The Kier molecular flexibility index (Phi) is 6.71. The maximum absolute atomic E-state index is 4.35. The molecular formula is C16H23N3S. The topological polar surface area (TPSA) is 28.2 Å². The lowest BCUT2D eigenvalue weighted by molar-refractivity contribution is 0.335. The molecule has 2 aromatic heterocycles. The van der Waals surface area contributed by atoms with E-state index < -0.39 is 0 Å². The fourth-order valence-electron chi connectivity index (χ4n) is 2.03. The zero-order valence-corrected chi connectivity index (χ0v) is 12.9. The first kappa shape index (κ1) is 15.2. The maximum Gasteiger partial charge on any atom is 0.0416 e. The van der Waals surface area contributed by atoms with E-state index in [0.717, 1.165) is 39.0 Å². The molecular weight excluding hydrogens is 266 g/mol. The van der Waals surface area contributed by atoms with E-state index in [4.69, 9.17) is 0 Å². The minimum Gasteiger partial charge on any atom is -0.315 e. The van der Waals surface area contributed by atoms with E-state index >= 15 is 0 Å². The molecule has 0 aliphatic carbocycles. The Morgan fingerprint density at radius 1 is 1.15 bits per heavy atom. The van der Waals surface area contributed by atoms with Crippen LogP contribution in [0, 0.1) is 0 Å². The fraction of sp³-hybridized carbons (Fsp3) is 0.438. The van der Waals surface area contributed by atoms with Crippen LogP contribution in [0.3, 0.4) is 0 Å². The lowest BCUT2D eigenvalue weighted by Gasteiger charge is -2.16. The lowest BCUT2D eigenvalue weighted by atomic mass is 10.2. The van der Waals surface area contributed by atoms with Crippen LogP contribution in [0.25, 0.3) is 0 Å². The second-order valence-corrected chi connectivity index (χ2v) is 5.79. The van der Waals surface area contributed by atoms with Crippen molar-refractivity contribution in [2.24, 2.45) is 0 Å². The molecule has 0 bridgehead atoms. The summed E-state index contributed by atoms with van der Waals surface area (Å²) in [4.78, 5) is 6.70. The van der Waals surface area contributed by atoms with E-state index in [1.54, 1.807) is 11.3 Å². The lowest BCUT2D eigenvalue weighted by Crippen LogP contribution is -2.31. The van der Waals surface area contributed by atoms with Gasteiger partial charge in [0.2, 0.25) is 0 Å². The van der Waals surface area contributed by atoms with Gasteiger partial charge >= 0.3 is 0 Å². The monoisotopic (exact) mass is 289 g/mol. The van der Waals surface area contributed by atoms with Gasteiger partial charge in [0, 0.05) is 37.9 Å². The minimum absolute atomic E-state index is 1.02. The Hall–Kier alpha value is -1.23. The summed E-state index contributed by atoms with van der Waals surface area (Å²) in [5.74, 6) is 0. The summed E-state index contributed by atoms with van der Waals surface area (Å²) < 4.78 is 0. The van der Waals surface area contributed by atoms with Gasteiger partial charge in [0.05, 0.1) is 0 Å². The number of hydrogen-bond acceptors (Lipinski definition) is 4. The van der Waals surface area contributed by atoms with Crippen molar-refractivity contribution < 1.29 is 0 Å². The van der Waals surface area contributed by atoms with Crippen LogP contribution in [0.15, 0.2) is 41.2 Å². The summed E-state index contributed by atoms with van der Waals surface area (Å²) >= 11 is 1.77. The van der Waals surface area contributed by atoms with Crippen molar-refractivity contribution >= 4 is 11.3 Å². The summed E-state index contributed by atoms with van der Waals surface area (Å²) in [7, 11) is 2.17. The summed E-state index contributed by atoms with van der Waals surface area (Å²) in [5, 5.41) is 7.86. The van der Waals surface area contributed by atoms with Crippen LogP contribution in [0.4, 0.5) is 0 Å². The number of nitrogens with one attached hydrogen (secondary N) is 1. The Morgan fingerprint density at radius 2 is 2.10 bits per heavy atom. The van der Waals surface area contributed by atoms with Gasteiger partial charge < -0.3 is 10.2 Å². The first-order valence-electron chi connectivity index (χ1n) is 7.15. The first-order valence-corrected chi connectivity index (χ1v) is 8.09. The number of nitrogens with zero attached hydrogens (tertiary/aromatic N) is 2. The predicted octanol–water partition coefficient (Wildman–Crippen LogP) is 2.45. The zero-order valence-electron chi connectivity index (χ0n) is 12.1. The molecule has 108 valence electrons. The van der Waals surface area contributed by atoms with Gasteiger partial charge in [0.1, 0.15) is 0 Å². The van der Waals surface area contributed by atoms with E-state index in [1.807, 2.05) is 18.3 Å². The van der Waals surface area contributed by atoms with Crippen molar-refractivity contribution in [2.45, 2.75) is 12.8 Å². The molecule has 0 spiro atoms. The number of thiophene rings is 1. The number of likely N-dealkylation sites (N-methyl/N-ethyl adjacent to an activating group) is 1. The highest BCUT2D eigenvalue weighted by molar-refractivity contribution is 7.07. The van der Waals surface area contributed by atoms with Crippen LogP contribution in [0.5, 0.6) is 0 Å². The molecule has 0 amide bonds. The van der Waals surface area contributed by atoms with E-state index in [2.05, 4.69) is 45.1 Å². The average molecular weight is 289 g/mol. The number of aromatic nitrogens is 1. The molecule has 0 fully saturated rings. The molecule has 2 rings (SSSR count). The highest BCUT2D eigenvalue weighted by Crippen LogP contribution is 2.05. The van der Waals surface area contributed by atoms with Gasteiger partial charge in [-0.05, 0) is 54.5 Å². The molecule has 1 N–H and O–H groups in total.